The van der Waals surface area contributed by atoms with Gasteiger partial charge in [0.25, 0.3) is 0 Å². The van der Waals surface area contributed by atoms with Crippen LogP contribution in [0.5, 0.6) is 0 Å². The summed E-state index contributed by atoms with van der Waals surface area (Å²) in [4.78, 5) is 3.87. The number of benzene rings is 1. The van der Waals surface area contributed by atoms with Gasteiger partial charge in [0, 0.05) is 18.0 Å². The van der Waals surface area contributed by atoms with E-state index in [1.807, 2.05) is 11.3 Å². The molecule has 2 aromatic rings. The van der Waals surface area contributed by atoms with Gasteiger partial charge in [-0.2, -0.15) is 0 Å². The molecule has 1 nitrogen and oxygen atoms in total. The second-order valence-corrected chi connectivity index (χ2v) is 5.92. The summed E-state index contributed by atoms with van der Waals surface area (Å²) in [5.74, 6) is 0. The van der Waals surface area contributed by atoms with Gasteiger partial charge in [-0.15, -0.1) is 11.3 Å². The van der Waals surface area contributed by atoms with E-state index in [0.717, 1.165) is 0 Å². The molecule has 1 heterocycles. The smallest absolute Gasteiger partial charge is 0.0504 e. The molecule has 0 amide bonds. The average molecular weight is 243 g/mol. The van der Waals surface area contributed by atoms with Crippen molar-refractivity contribution in [3.63, 3.8) is 0 Å². The second-order valence-electron chi connectivity index (χ2n) is 4.80. The lowest BCUT2D eigenvalue weighted by molar-refractivity contribution is 0.666. The monoisotopic (exact) mass is 243 g/mol. The van der Waals surface area contributed by atoms with E-state index in [1.165, 1.54) is 34.5 Å². The molecule has 88 valence electrons. The van der Waals surface area contributed by atoms with Gasteiger partial charge in [0.2, 0.25) is 0 Å². The molecule has 0 N–H and O–H groups in total. The number of rotatable bonds is 2. The molecule has 0 bridgehead atoms. The molecule has 1 aliphatic rings. The molecule has 1 aliphatic carbocycles. The third kappa shape index (κ3) is 1.87. The molecule has 3 rings (SSSR count). The minimum absolute atomic E-state index is 0.626. The zero-order valence-electron chi connectivity index (χ0n) is 10.3. The third-order valence-electron chi connectivity index (χ3n) is 3.79. The maximum atomic E-state index is 2.45. The molecule has 0 atom stereocenters. The molecule has 0 saturated heterocycles. The van der Waals surface area contributed by atoms with E-state index in [1.54, 1.807) is 0 Å². The normalized spacial score (nSPS) is 14.9. The van der Waals surface area contributed by atoms with E-state index in [2.05, 4.69) is 54.6 Å². The predicted octanol–water partition coefficient (Wildman–Crippen LogP) is 3.66. The highest BCUT2D eigenvalue weighted by Crippen LogP contribution is 2.31. The van der Waals surface area contributed by atoms with Gasteiger partial charge in [-0.1, -0.05) is 24.3 Å². The topological polar surface area (TPSA) is 3.24 Å². The molecule has 1 aromatic heterocycles. The van der Waals surface area contributed by atoms with Gasteiger partial charge < -0.3 is 4.90 Å². The molecule has 17 heavy (non-hydrogen) atoms. The van der Waals surface area contributed by atoms with Crippen molar-refractivity contribution in [3.05, 3.63) is 51.7 Å². The van der Waals surface area contributed by atoms with Crippen LogP contribution in [-0.2, 0) is 12.8 Å². The quantitative estimate of drug-likeness (QED) is 0.778. The Balaban J connectivity index is 1.83. The van der Waals surface area contributed by atoms with E-state index in [0.29, 0.717) is 6.04 Å². The zero-order valence-corrected chi connectivity index (χ0v) is 11.1. The van der Waals surface area contributed by atoms with Crippen LogP contribution in [0.4, 0.5) is 5.69 Å². The fourth-order valence-electron chi connectivity index (χ4n) is 2.75. The van der Waals surface area contributed by atoms with Gasteiger partial charge in [-0.05, 0) is 42.3 Å². The van der Waals surface area contributed by atoms with Gasteiger partial charge in [0.15, 0.2) is 0 Å². The Kier molecular flexibility index (Phi) is 2.67. The van der Waals surface area contributed by atoms with Gasteiger partial charge in [0.05, 0.1) is 5.69 Å². The first-order valence-corrected chi connectivity index (χ1v) is 6.97. The van der Waals surface area contributed by atoms with Crippen molar-refractivity contribution >= 4 is 17.0 Å². The van der Waals surface area contributed by atoms with Crippen LogP contribution in [0.1, 0.15) is 16.0 Å². The van der Waals surface area contributed by atoms with E-state index >= 15 is 0 Å². The van der Waals surface area contributed by atoms with E-state index in [-0.39, 0.29) is 0 Å². The van der Waals surface area contributed by atoms with Crippen molar-refractivity contribution in [2.45, 2.75) is 25.8 Å². The highest BCUT2D eigenvalue weighted by Gasteiger charge is 2.25. The minimum Gasteiger partial charge on any atom is -0.370 e. The summed E-state index contributed by atoms with van der Waals surface area (Å²) in [6.07, 6.45) is 2.37. The molecule has 0 aliphatic heterocycles. The molecule has 0 saturated carbocycles. The molecular weight excluding hydrogens is 226 g/mol. The summed E-state index contributed by atoms with van der Waals surface area (Å²) in [6, 6.07) is 11.7. The van der Waals surface area contributed by atoms with Crippen LogP contribution in [0, 0.1) is 6.92 Å². The van der Waals surface area contributed by atoms with Gasteiger partial charge in [0.1, 0.15) is 0 Å². The standard InChI is InChI=1S/C15H17NS/c1-11-15(7-8-17-11)16(2)14-9-12-5-3-4-6-13(12)10-14/h3-8,14H,9-10H2,1-2H3. The number of likely N-dealkylation sites (N-methyl/N-ethyl adjacent to an activating group) is 1. The largest absolute Gasteiger partial charge is 0.370 e. The predicted molar refractivity (Wildman–Crippen MR) is 75.1 cm³/mol. The zero-order chi connectivity index (χ0) is 11.8. The minimum atomic E-state index is 0.626. The summed E-state index contributed by atoms with van der Waals surface area (Å²) in [6.45, 7) is 2.21. The number of hydrogen-bond donors (Lipinski definition) is 0. The Bertz CT molecular complexity index is 504. The van der Waals surface area contributed by atoms with E-state index < -0.39 is 0 Å². The molecule has 0 fully saturated rings. The maximum Gasteiger partial charge on any atom is 0.0504 e. The van der Waals surface area contributed by atoms with E-state index in [9.17, 15) is 0 Å². The van der Waals surface area contributed by atoms with Crippen LogP contribution >= 0.6 is 11.3 Å². The second kappa shape index (κ2) is 4.19. The highest BCUT2D eigenvalue weighted by atomic mass is 32.1. The lowest BCUT2D eigenvalue weighted by Gasteiger charge is -2.26. The Morgan fingerprint density at radius 2 is 1.76 bits per heavy atom. The number of hydrogen-bond acceptors (Lipinski definition) is 2. The fraction of sp³-hybridized carbons (Fsp3) is 0.333. The van der Waals surface area contributed by atoms with Gasteiger partial charge in [-0.25, -0.2) is 0 Å². The van der Waals surface area contributed by atoms with Gasteiger partial charge in [-0.3, -0.25) is 0 Å². The maximum absolute atomic E-state index is 2.45. The lowest BCUT2D eigenvalue weighted by atomic mass is 10.1. The molecule has 1 aromatic carbocycles. The summed E-state index contributed by atoms with van der Waals surface area (Å²) in [5.41, 5.74) is 4.45. The number of nitrogens with zero attached hydrogens (tertiary/aromatic N) is 1. The van der Waals surface area contributed by atoms with Crippen LogP contribution in [-0.4, -0.2) is 13.1 Å². The van der Waals surface area contributed by atoms with Crippen LogP contribution in [0.15, 0.2) is 35.7 Å². The Labute approximate surface area is 107 Å². The van der Waals surface area contributed by atoms with Crippen molar-refractivity contribution < 1.29 is 0 Å². The summed E-state index contributed by atoms with van der Waals surface area (Å²) in [7, 11) is 2.23. The first-order valence-electron chi connectivity index (χ1n) is 6.09. The van der Waals surface area contributed by atoms with Crippen LogP contribution in [0.25, 0.3) is 0 Å². The molecular formula is C15H17NS. The summed E-state index contributed by atoms with van der Waals surface area (Å²) < 4.78 is 0. The molecule has 0 unspecified atom stereocenters. The van der Waals surface area contributed by atoms with Crippen LogP contribution in [0.3, 0.4) is 0 Å². The summed E-state index contributed by atoms with van der Waals surface area (Å²) in [5, 5.41) is 2.18. The highest BCUT2D eigenvalue weighted by molar-refractivity contribution is 7.10. The van der Waals surface area contributed by atoms with Crippen molar-refractivity contribution in [1.82, 2.24) is 0 Å². The average Bonchev–Trinajstić information content (AvgIpc) is 2.93. The third-order valence-corrected chi connectivity index (χ3v) is 4.62. The van der Waals surface area contributed by atoms with Crippen molar-refractivity contribution in [2.24, 2.45) is 0 Å². The SMILES string of the molecule is Cc1sccc1N(C)C1Cc2ccccc2C1. The van der Waals surface area contributed by atoms with Gasteiger partial charge >= 0.3 is 0 Å². The molecule has 0 radical (unpaired) electrons. The summed E-state index contributed by atoms with van der Waals surface area (Å²) >= 11 is 1.83. The Hall–Kier alpha value is -1.28. The van der Waals surface area contributed by atoms with E-state index in [4.69, 9.17) is 0 Å². The first-order chi connectivity index (χ1) is 8.25. The van der Waals surface area contributed by atoms with Crippen molar-refractivity contribution in [2.75, 3.05) is 11.9 Å². The van der Waals surface area contributed by atoms with Crippen LogP contribution in [0.2, 0.25) is 0 Å². The lowest BCUT2D eigenvalue weighted by Crippen LogP contribution is -2.32. The number of aryl methyl sites for hydroxylation is 1. The first kappa shape index (κ1) is 10.8. The fourth-order valence-corrected chi connectivity index (χ4v) is 3.48. The Morgan fingerprint density at radius 1 is 1.12 bits per heavy atom. The van der Waals surface area contributed by atoms with Crippen molar-refractivity contribution in [3.8, 4) is 0 Å². The number of fused-ring (bicyclic) bond motifs is 1. The number of anilines is 1. The molecule has 0 spiro atoms. The number of thiophene rings is 1. The van der Waals surface area contributed by atoms with Crippen molar-refractivity contribution in [1.29, 1.82) is 0 Å². The molecule has 2 heteroatoms. The van der Waals surface area contributed by atoms with Crippen LogP contribution < -0.4 is 4.90 Å². The Morgan fingerprint density at radius 3 is 2.29 bits per heavy atom.